The van der Waals surface area contributed by atoms with E-state index in [1.165, 1.54) is 0 Å². The molecule has 0 aromatic heterocycles. The van der Waals surface area contributed by atoms with E-state index >= 15 is 0 Å². The predicted molar refractivity (Wildman–Crippen MR) is 82.8 cm³/mol. The van der Waals surface area contributed by atoms with Crippen molar-refractivity contribution in [2.75, 3.05) is 12.8 Å². The molecule has 0 saturated carbocycles. The number of nitrogens with zero attached hydrogens (tertiary/aromatic N) is 1. The number of amides is 1. The minimum absolute atomic E-state index is 0.0384. The summed E-state index contributed by atoms with van der Waals surface area (Å²) in [6.07, 6.45) is 0. The fourth-order valence-corrected chi connectivity index (χ4v) is 2.14. The third-order valence-corrected chi connectivity index (χ3v) is 3.49. The van der Waals surface area contributed by atoms with Crippen LogP contribution in [0.4, 0.5) is 5.69 Å². The lowest BCUT2D eigenvalue weighted by molar-refractivity contribution is 0.0785. The highest BCUT2D eigenvalue weighted by atomic mass is 35.5. The number of hydrogen-bond acceptors (Lipinski definition) is 2. The van der Waals surface area contributed by atoms with Gasteiger partial charge >= 0.3 is 0 Å². The zero-order valence-electron chi connectivity index (χ0n) is 11.6. The van der Waals surface area contributed by atoms with E-state index < -0.39 is 0 Å². The first kappa shape index (κ1) is 14.4. The number of aryl methyl sites for hydroxylation is 1. The lowest BCUT2D eigenvalue weighted by Crippen LogP contribution is -2.26. The van der Waals surface area contributed by atoms with Gasteiger partial charge in [0.15, 0.2) is 0 Å². The molecule has 0 atom stereocenters. The molecule has 0 heterocycles. The fourth-order valence-electron chi connectivity index (χ4n) is 1.96. The summed E-state index contributed by atoms with van der Waals surface area (Å²) in [6, 6.07) is 12.8. The van der Waals surface area contributed by atoms with Gasteiger partial charge in [-0.1, -0.05) is 29.3 Å². The van der Waals surface area contributed by atoms with Crippen LogP contribution in [-0.4, -0.2) is 17.9 Å². The number of benzene rings is 2. The highest BCUT2D eigenvalue weighted by molar-refractivity contribution is 6.31. The van der Waals surface area contributed by atoms with Crippen LogP contribution in [-0.2, 0) is 6.54 Å². The van der Waals surface area contributed by atoms with Crippen LogP contribution in [0, 0.1) is 6.92 Å². The Kier molecular flexibility index (Phi) is 4.30. The Bertz CT molecular complexity index is 623. The molecule has 20 heavy (non-hydrogen) atoms. The van der Waals surface area contributed by atoms with Crippen molar-refractivity contribution in [1.82, 2.24) is 4.90 Å². The molecule has 0 spiro atoms. The van der Waals surface area contributed by atoms with E-state index in [1.54, 1.807) is 30.1 Å². The van der Waals surface area contributed by atoms with Gasteiger partial charge in [-0.3, -0.25) is 4.79 Å². The van der Waals surface area contributed by atoms with Gasteiger partial charge in [0.2, 0.25) is 0 Å². The van der Waals surface area contributed by atoms with E-state index in [2.05, 4.69) is 0 Å². The van der Waals surface area contributed by atoms with E-state index in [0.29, 0.717) is 22.8 Å². The third kappa shape index (κ3) is 3.31. The number of nitrogens with two attached hydrogens (primary N) is 1. The van der Waals surface area contributed by atoms with E-state index in [1.807, 2.05) is 31.2 Å². The van der Waals surface area contributed by atoms with Gasteiger partial charge in [0.05, 0.1) is 0 Å². The van der Waals surface area contributed by atoms with Crippen molar-refractivity contribution >= 4 is 23.2 Å². The van der Waals surface area contributed by atoms with E-state index in [9.17, 15) is 4.79 Å². The Balaban J connectivity index is 2.15. The summed E-state index contributed by atoms with van der Waals surface area (Å²) in [5, 5.41) is 0.614. The second-order valence-electron chi connectivity index (χ2n) is 4.88. The Morgan fingerprint density at radius 1 is 1.20 bits per heavy atom. The Labute approximate surface area is 124 Å². The Hall–Kier alpha value is -2.00. The van der Waals surface area contributed by atoms with E-state index in [0.717, 1.165) is 11.1 Å². The molecule has 2 N–H and O–H groups in total. The van der Waals surface area contributed by atoms with Crippen LogP contribution in [0.1, 0.15) is 21.5 Å². The second-order valence-corrected chi connectivity index (χ2v) is 5.29. The number of nitrogen functional groups attached to an aromatic ring is 1. The van der Waals surface area contributed by atoms with E-state index in [4.69, 9.17) is 17.3 Å². The van der Waals surface area contributed by atoms with Crippen molar-refractivity contribution in [3.63, 3.8) is 0 Å². The first-order valence-corrected chi connectivity index (χ1v) is 6.71. The quantitative estimate of drug-likeness (QED) is 0.879. The zero-order chi connectivity index (χ0) is 14.7. The third-order valence-electron chi connectivity index (χ3n) is 3.12. The van der Waals surface area contributed by atoms with Gasteiger partial charge in [-0.2, -0.15) is 0 Å². The standard InChI is InChI=1S/C16H17ClN2O/c1-11-3-5-12(6-4-11)16(20)19(2)10-13-9-14(18)7-8-15(13)17/h3-9H,10,18H2,1-2H3. The molecule has 0 radical (unpaired) electrons. The maximum absolute atomic E-state index is 12.3. The summed E-state index contributed by atoms with van der Waals surface area (Å²) in [7, 11) is 1.75. The largest absolute Gasteiger partial charge is 0.399 e. The van der Waals surface area contributed by atoms with Crippen molar-refractivity contribution in [2.45, 2.75) is 13.5 Å². The molecule has 0 aliphatic heterocycles. The number of rotatable bonds is 3. The Morgan fingerprint density at radius 3 is 2.50 bits per heavy atom. The van der Waals surface area contributed by atoms with Gasteiger partial charge < -0.3 is 10.6 Å². The highest BCUT2D eigenvalue weighted by Gasteiger charge is 2.13. The number of hydrogen-bond donors (Lipinski definition) is 1. The first-order valence-electron chi connectivity index (χ1n) is 6.33. The summed E-state index contributed by atoms with van der Waals surface area (Å²) in [6.45, 7) is 2.42. The molecule has 4 heteroatoms. The molecule has 2 aromatic carbocycles. The van der Waals surface area contributed by atoms with Crippen LogP contribution in [0.2, 0.25) is 5.02 Å². The van der Waals surface area contributed by atoms with Crippen molar-refractivity contribution in [3.05, 3.63) is 64.2 Å². The smallest absolute Gasteiger partial charge is 0.253 e. The molecular formula is C16H17ClN2O. The molecule has 0 fully saturated rings. The topological polar surface area (TPSA) is 46.3 Å². The summed E-state index contributed by atoms with van der Waals surface area (Å²) in [5.74, 6) is -0.0384. The average molecular weight is 289 g/mol. The van der Waals surface area contributed by atoms with Gasteiger partial charge in [-0.25, -0.2) is 0 Å². The molecule has 0 aliphatic carbocycles. The lowest BCUT2D eigenvalue weighted by atomic mass is 10.1. The second kappa shape index (κ2) is 5.97. The number of anilines is 1. The van der Waals surface area contributed by atoms with Crippen LogP contribution in [0.5, 0.6) is 0 Å². The first-order chi connectivity index (χ1) is 9.47. The molecule has 0 aliphatic rings. The predicted octanol–water partition coefficient (Wildman–Crippen LogP) is 3.50. The zero-order valence-corrected chi connectivity index (χ0v) is 12.3. The van der Waals surface area contributed by atoms with Crippen LogP contribution >= 0.6 is 11.6 Å². The lowest BCUT2D eigenvalue weighted by Gasteiger charge is -2.18. The fraction of sp³-hybridized carbons (Fsp3) is 0.188. The summed E-state index contributed by atoms with van der Waals surface area (Å²) in [5.41, 5.74) is 9.02. The monoisotopic (exact) mass is 288 g/mol. The minimum Gasteiger partial charge on any atom is -0.399 e. The normalized spacial score (nSPS) is 10.3. The SMILES string of the molecule is Cc1ccc(C(=O)N(C)Cc2cc(N)ccc2Cl)cc1. The molecule has 0 bridgehead atoms. The van der Waals surface area contributed by atoms with Crippen molar-refractivity contribution < 1.29 is 4.79 Å². The molecule has 0 saturated heterocycles. The number of carbonyl (C=O) groups is 1. The maximum Gasteiger partial charge on any atom is 0.253 e. The summed E-state index contributed by atoms with van der Waals surface area (Å²) in [4.78, 5) is 13.9. The maximum atomic E-state index is 12.3. The van der Waals surface area contributed by atoms with Crippen molar-refractivity contribution in [2.24, 2.45) is 0 Å². The molecule has 2 aromatic rings. The van der Waals surface area contributed by atoms with Crippen molar-refractivity contribution in [1.29, 1.82) is 0 Å². The van der Waals surface area contributed by atoms with Gasteiger partial charge in [0.25, 0.3) is 5.91 Å². The summed E-state index contributed by atoms with van der Waals surface area (Å²) < 4.78 is 0. The molecular weight excluding hydrogens is 272 g/mol. The molecule has 3 nitrogen and oxygen atoms in total. The molecule has 104 valence electrons. The Morgan fingerprint density at radius 2 is 1.85 bits per heavy atom. The van der Waals surface area contributed by atoms with Gasteiger partial charge in [0.1, 0.15) is 0 Å². The van der Waals surface area contributed by atoms with Crippen LogP contribution in [0.15, 0.2) is 42.5 Å². The summed E-state index contributed by atoms with van der Waals surface area (Å²) >= 11 is 6.12. The van der Waals surface area contributed by atoms with Gasteiger partial charge in [-0.15, -0.1) is 0 Å². The van der Waals surface area contributed by atoms with Gasteiger partial charge in [-0.05, 0) is 42.8 Å². The van der Waals surface area contributed by atoms with Crippen LogP contribution in [0.3, 0.4) is 0 Å². The molecule has 1 amide bonds. The minimum atomic E-state index is -0.0384. The highest BCUT2D eigenvalue weighted by Crippen LogP contribution is 2.20. The number of halogens is 1. The van der Waals surface area contributed by atoms with E-state index in [-0.39, 0.29) is 5.91 Å². The number of carbonyl (C=O) groups excluding carboxylic acids is 1. The molecule has 2 rings (SSSR count). The van der Waals surface area contributed by atoms with Crippen LogP contribution < -0.4 is 5.73 Å². The van der Waals surface area contributed by atoms with Crippen molar-refractivity contribution in [3.8, 4) is 0 Å². The average Bonchev–Trinajstić information content (AvgIpc) is 2.43. The van der Waals surface area contributed by atoms with Crippen LogP contribution in [0.25, 0.3) is 0 Å². The molecule has 0 unspecified atom stereocenters. The van der Waals surface area contributed by atoms with Gasteiger partial charge in [0, 0.05) is 29.9 Å².